The van der Waals surface area contributed by atoms with E-state index < -0.39 is 5.91 Å². The highest BCUT2D eigenvalue weighted by molar-refractivity contribution is 6.31. The van der Waals surface area contributed by atoms with Crippen molar-refractivity contribution in [1.82, 2.24) is 4.57 Å². The largest absolute Gasteiger partial charge is 0.278 e. The third-order valence-corrected chi connectivity index (χ3v) is 4.27. The Morgan fingerprint density at radius 1 is 0.846 bits per heavy atom. The van der Waals surface area contributed by atoms with Crippen molar-refractivity contribution in [2.75, 3.05) is 0 Å². The summed E-state index contributed by atoms with van der Waals surface area (Å²) in [6, 6.07) is 16.5. The Labute approximate surface area is 160 Å². The van der Waals surface area contributed by atoms with Crippen molar-refractivity contribution in [3.05, 3.63) is 99.1 Å². The lowest BCUT2D eigenvalue weighted by Crippen LogP contribution is -2.30. The predicted molar refractivity (Wildman–Crippen MR) is 102 cm³/mol. The lowest BCUT2D eigenvalue weighted by molar-refractivity contribution is 0.0953. The zero-order valence-corrected chi connectivity index (χ0v) is 15.3. The number of rotatable bonds is 2. The van der Waals surface area contributed by atoms with Gasteiger partial charge in [-0.15, -0.1) is 0 Å². The zero-order chi connectivity index (χ0) is 18.7. The second-order valence-electron chi connectivity index (χ2n) is 5.62. The highest BCUT2D eigenvalue weighted by Gasteiger charge is 2.12. The van der Waals surface area contributed by atoms with Gasteiger partial charge in [0.25, 0.3) is 11.8 Å². The van der Waals surface area contributed by atoms with Crippen LogP contribution in [0.15, 0.2) is 71.9 Å². The van der Waals surface area contributed by atoms with Gasteiger partial charge in [-0.05, 0) is 67.1 Å². The first-order valence-corrected chi connectivity index (χ1v) is 8.54. The zero-order valence-electron chi connectivity index (χ0n) is 13.8. The van der Waals surface area contributed by atoms with Crippen LogP contribution >= 0.6 is 23.2 Å². The number of aryl methyl sites for hydroxylation is 1. The monoisotopic (exact) mass is 384 g/mol. The lowest BCUT2D eigenvalue weighted by atomic mass is 10.2. The van der Waals surface area contributed by atoms with Crippen LogP contribution < -0.4 is 5.49 Å². The molecule has 0 radical (unpaired) electrons. The summed E-state index contributed by atoms with van der Waals surface area (Å²) < 4.78 is 1.35. The number of benzene rings is 2. The average Bonchev–Trinajstić information content (AvgIpc) is 2.64. The van der Waals surface area contributed by atoms with Crippen molar-refractivity contribution >= 4 is 35.0 Å². The van der Waals surface area contributed by atoms with E-state index in [9.17, 15) is 9.59 Å². The van der Waals surface area contributed by atoms with E-state index in [1.54, 1.807) is 73.8 Å². The smallest absolute Gasteiger partial charge is 0.268 e. The van der Waals surface area contributed by atoms with Gasteiger partial charge < -0.3 is 0 Å². The predicted octanol–water partition coefficient (Wildman–Crippen LogP) is 4.53. The molecule has 1 amide bonds. The summed E-state index contributed by atoms with van der Waals surface area (Å²) in [5.74, 6) is -0.748. The molecule has 0 unspecified atom stereocenters. The molecule has 0 fully saturated rings. The van der Waals surface area contributed by atoms with Crippen molar-refractivity contribution in [1.29, 1.82) is 0 Å². The van der Waals surface area contributed by atoms with Crippen LogP contribution in [0.2, 0.25) is 10.0 Å². The van der Waals surface area contributed by atoms with E-state index >= 15 is 0 Å². The van der Waals surface area contributed by atoms with Crippen LogP contribution in [-0.4, -0.2) is 16.4 Å². The first-order chi connectivity index (χ1) is 12.5. The molecule has 3 rings (SSSR count). The summed E-state index contributed by atoms with van der Waals surface area (Å²) in [7, 11) is 0. The summed E-state index contributed by atoms with van der Waals surface area (Å²) in [5, 5.41) is 1.07. The van der Waals surface area contributed by atoms with Crippen molar-refractivity contribution in [2.24, 2.45) is 4.99 Å². The fourth-order valence-corrected chi connectivity index (χ4v) is 2.65. The second-order valence-corrected chi connectivity index (χ2v) is 6.49. The average molecular weight is 385 g/mol. The van der Waals surface area contributed by atoms with Gasteiger partial charge in [0.05, 0.1) is 0 Å². The summed E-state index contributed by atoms with van der Waals surface area (Å²) in [6.07, 6.45) is 1.58. The number of carbonyl (C=O) groups is 2. The summed E-state index contributed by atoms with van der Waals surface area (Å²) in [4.78, 5) is 29.5. The fourth-order valence-electron chi connectivity index (χ4n) is 2.40. The molecule has 3 aromatic rings. The Hall–Kier alpha value is -2.69. The van der Waals surface area contributed by atoms with E-state index in [4.69, 9.17) is 23.2 Å². The molecule has 0 saturated carbocycles. The molecule has 0 saturated heterocycles. The highest BCUT2D eigenvalue weighted by Crippen LogP contribution is 2.12. The number of amides is 1. The Balaban J connectivity index is 2.07. The minimum Gasteiger partial charge on any atom is -0.268 e. The molecule has 26 heavy (non-hydrogen) atoms. The van der Waals surface area contributed by atoms with Crippen molar-refractivity contribution in [2.45, 2.75) is 6.92 Å². The fraction of sp³-hybridized carbons (Fsp3) is 0.0500. The number of nitrogens with zero attached hydrogens (tertiary/aromatic N) is 2. The van der Waals surface area contributed by atoms with Crippen LogP contribution in [0.1, 0.15) is 26.3 Å². The molecule has 4 nitrogen and oxygen atoms in total. The molecular formula is C20H14Cl2N2O2. The molecule has 130 valence electrons. The van der Waals surface area contributed by atoms with Gasteiger partial charge in [0.1, 0.15) is 5.49 Å². The first-order valence-electron chi connectivity index (χ1n) is 7.79. The van der Waals surface area contributed by atoms with Gasteiger partial charge in [-0.1, -0.05) is 29.3 Å². The molecule has 2 aromatic carbocycles. The van der Waals surface area contributed by atoms with E-state index in [0.717, 1.165) is 0 Å². The number of aromatic nitrogens is 1. The quantitative estimate of drug-likeness (QED) is 0.651. The molecule has 1 aromatic heterocycles. The minimum absolute atomic E-state index is 0.285. The van der Waals surface area contributed by atoms with Gasteiger partial charge >= 0.3 is 0 Å². The molecule has 0 N–H and O–H groups in total. The van der Waals surface area contributed by atoms with Gasteiger partial charge in [0.15, 0.2) is 0 Å². The Bertz CT molecular complexity index is 1040. The highest BCUT2D eigenvalue weighted by atomic mass is 35.5. The van der Waals surface area contributed by atoms with E-state index in [1.165, 1.54) is 4.57 Å². The van der Waals surface area contributed by atoms with Gasteiger partial charge in [0.2, 0.25) is 0 Å². The van der Waals surface area contributed by atoms with E-state index in [0.29, 0.717) is 26.7 Å². The summed E-state index contributed by atoms with van der Waals surface area (Å²) in [6.45, 7) is 1.79. The van der Waals surface area contributed by atoms with E-state index in [1.807, 2.05) is 0 Å². The summed E-state index contributed by atoms with van der Waals surface area (Å²) >= 11 is 11.7. The number of carbonyl (C=O) groups excluding carboxylic acids is 2. The third kappa shape index (κ3) is 3.93. The van der Waals surface area contributed by atoms with E-state index in [-0.39, 0.29) is 11.4 Å². The SMILES string of the molecule is Cc1cccn(C(=O)c2ccc(Cl)cc2)c1=NC(=O)c1ccc(Cl)cc1. The van der Waals surface area contributed by atoms with Crippen LogP contribution in [0.5, 0.6) is 0 Å². The topological polar surface area (TPSA) is 51.4 Å². The van der Waals surface area contributed by atoms with Crippen molar-refractivity contribution in [3.63, 3.8) is 0 Å². The minimum atomic E-state index is -0.450. The normalized spacial score (nSPS) is 11.4. The first kappa shape index (κ1) is 18.1. The van der Waals surface area contributed by atoms with Gasteiger partial charge in [-0.3, -0.25) is 14.2 Å². The van der Waals surface area contributed by atoms with Gasteiger partial charge in [0, 0.05) is 27.4 Å². The van der Waals surface area contributed by atoms with Crippen LogP contribution in [0.3, 0.4) is 0 Å². The maximum atomic E-state index is 12.8. The third-order valence-electron chi connectivity index (χ3n) is 3.77. The molecule has 0 aliphatic heterocycles. The molecule has 0 aliphatic carbocycles. The molecule has 0 aliphatic rings. The van der Waals surface area contributed by atoms with Crippen LogP contribution in [0.25, 0.3) is 0 Å². The Morgan fingerprint density at radius 3 is 1.96 bits per heavy atom. The molecule has 6 heteroatoms. The van der Waals surface area contributed by atoms with Gasteiger partial charge in [-0.2, -0.15) is 4.99 Å². The molecule has 0 atom stereocenters. The van der Waals surface area contributed by atoms with Crippen molar-refractivity contribution < 1.29 is 9.59 Å². The maximum Gasteiger partial charge on any atom is 0.278 e. The molecule has 1 heterocycles. The van der Waals surface area contributed by atoms with Crippen molar-refractivity contribution in [3.8, 4) is 0 Å². The Kier molecular flexibility index (Phi) is 5.35. The molecule has 0 spiro atoms. The number of halogens is 2. The standard InChI is InChI=1S/C20H14Cl2N2O2/c1-13-3-2-12-24(20(26)15-6-10-17(22)11-7-15)18(13)23-19(25)14-4-8-16(21)9-5-14/h2-12H,1H3. The maximum absolute atomic E-state index is 12.8. The van der Waals surface area contributed by atoms with Crippen LogP contribution in [0.4, 0.5) is 0 Å². The number of pyridine rings is 1. The number of hydrogen-bond acceptors (Lipinski definition) is 2. The van der Waals surface area contributed by atoms with Gasteiger partial charge in [-0.25, -0.2) is 0 Å². The Morgan fingerprint density at radius 2 is 1.38 bits per heavy atom. The van der Waals surface area contributed by atoms with Crippen LogP contribution in [0, 0.1) is 6.92 Å². The summed E-state index contributed by atoms with van der Waals surface area (Å²) in [5.41, 5.74) is 1.83. The van der Waals surface area contributed by atoms with Crippen LogP contribution in [-0.2, 0) is 0 Å². The van der Waals surface area contributed by atoms with E-state index in [2.05, 4.69) is 4.99 Å². The second kappa shape index (κ2) is 7.68. The molecular weight excluding hydrogens is 371 g/mol. The number of hydrogen-bond donors (Lipinski definition) is 0. The lowest BCUT2D eigenvalue weighted by Gasteiger charge is -2.08. The molecule has 0 bridgehead atoms.